The van der Waals surface area contributed by atoms with E-state index in [1.807, 2.05) is 18.2 Å². The zero-order valence-corrected chi connectivity index (χ0v) is 12.1. The number of hydrogen-bond donors (Lipinski definition) is 1. The van der Waals surface area contributed by atoms with E-state index in [0.717, 1.165) is 38.8 Å². The molecule has 0 atom stereocenters. The third-order valence-corrected chi connectivity index (χ3v) is 4.18. The monoisotopic (exact) mass is 293 g/mol. The summed E-state index contributed by atoms with van der Waals surface area (Å²) in [6.45, 7) is 4.40. The van der Waals surface area contributed by atoms with E-state index in [0.29, 0.717) is 13.0 Å². The smallest absolute Gasteiger partial charge is 0.0930 e. The molecule has 0 fully saturated rings. The Labute approximate surface area is 127 Å². The molecule has 1 aliphatic heterocycles. The van der Waals surface area contributed by atoms with Crippen molar-refractivity contribution in [1.29, 1.82) is 0 Å². The number of fused-ring (bicyclic) bond motifs is 5. The molecule has 110 valence electrons. The van der Waals surface area contributed by atoms with Gasteiger partial charge in [-0.1, -0.05) is 24.8 Å². The summed E-state index contributed by atoms with van der Waals surface area (Å²) in [6, 6.07) is 12.3. The first kappa shape index (κ1) is 13.1. The van der Waals surface area contributed by atoms with Gasteiger partial charge in [0.25, 0.3) is 0 Å². The first-order chi connectivity index (χ1) is 10.8. The van der Waals surface area contributed by atoms with Crippen LogP contribution in [0.2, 0.25) is 0 Å². The van der Waals surface area contributed by atoms with Crippen LogP contribution in [0.1, 0.15) is 12.0 Å². The van der Waals surface area contributed by atoms with Gasteiger partial charge in [0, 0.05) is 34.1 Å². The lowest BCUT2D eigenvalue weighted by Gasteiger charge is -2.15. The largest absolute Gasteiger partial charge is 0.346 e. The molecular weight excluding hydrogens is 277 g/mol. The molecule has 0 saturated heterocycles. The fraction of sp³-hybridized carbons (Fsp3) is 0.167. The molecule has 0 bridgehead atoms. The van der Waals surface area contributed by atoms with E-state index in [1.54, 1.807) is 6.34 Å². The Balaban J connectivity index is 2.12. The van der Waals surface area contributed by atoms with E-state index in [2.05, 4.69) is 39.7 Å². The molecule has 0 aliphatic carbocycles. The Bertz CT molecular complexity index is 921. The summed E-state index contributed by atoms with van der Waals surface area (Å²) in [5.74, 6) is 0. The van der Waals surface area contributed by atoms with Crippen LogP contribution in [0, 0.1) is 0 Å². The van der Waals surface area contributed by atoms with Gasteiger partial charge in [-0.15, -0.1) is 0 Å². The van der Waals surface area contributed by atoms with Crippen LogP contribution in [0.3, 0.4) is 0 Å². The van der Waals surface area contributed by atoms with Gasteiger partial charge < -0.3 is 9.88 Å². The highest BCUT2D eigenvalue weighted by Crippen LogP contribution is 2.40. The molecule has 0 unspecified atom stereocenters. The average Bonchev–Trinajstić information content (AvgIpc) is 2.87. The van der Waals surface area contributed by atoms with Gasteiger partial charge >= 0.3 is 0 Å². The first-order valence-electron chi connectivity index (χ1n) is 7.39. The third kappa shape index (κ3) is 1.77. The maximum absolute atomic E-state index is 12.7. The number of rotatable bonds is 3. The Hall–Kier alpha value is -2.62. The maximum atomic E-state index is 12.7. The third-order valence-electron chi connectivity index (χ3n) is 4.18. The molecule has 1 aliphatic rings. The second kappa shape index (κ2) is 4.98. The van der Waals surface area contributed by atoms with E-state index >= 15 is 0 Å². The summed E-state index contributed by atoms with van der Waals surface area (Å²) >= 11 is 0. The summed E-state index contributed by atoms with van der Waals surface area (Å²) in [5, 5.41) is 5.32. The lowest BCUT2D eigenvalue weighted by Crippen LogP contribution is -2.12. The van der Waals surface area contributed by atoms with Gasteiger partial charge in [0.1, 0.15) is 0 Å². The molecule has 1 N–H and O–H groups in total. The molecule has 4 rings (SSSR count). The summed E-state index contributed by atoms with van der Waals surface area (Å²) < 4.78 is 14.8. The van der Waals surface area contributed by atoms with Gasteiger partial charge in [0.15, 0.2) is 0 Å². The zero-order valence-electron chi connectivity index (χ0n) is 12.1. The molecule has 22 heavy (non-hydrogen) atoms. The predicted octanol–water partition coefficient (Wildman–Crippen LogP) is 4.39. The highest BCUT2D eigenvalue weighted by atomic mass is 19.1. The number of halogens is 1. The topological polar surface area (TPSA) is 29.3 Å². The fourth-order valence-corrected chi connectivity index (χ4v) is 3.21. The molecule has 3 aromatic rings. The molecule has 0 radical (unpaired) electrons. The quantitative estimate of drug-likeness (QED) is 0.762. The van der Waals surface area contributed by atoms with Gasteiger partial charge in [-0.2, -0.15) is 0 Å². The second-order valence-electron chi connectivity index (χ2n) is 5.45. The molecule has 2 heterocycles. The van der Waals surface area contributed by atoms with Crippen LogP contribution in [-0.2, 0) is 6.54 Å². The normalized spacial score (nSPS) is 13.6. The number of benzene rings is 2. The minimum atomic E-state index is -0.308. The van der Waals surface area contributed by atoms with E-state index in [4.69, 9.17) is 0 Å². The van der Waals surface area contributed by atoms with Crippen LogP contribution in [0.25, 0.3) is 27.5 Å². The van der Waals surface area contributed by atoms with Crippen molar-refractivity contribution in [3.05, 3.63) is 48.5 Å². The van der Waals surface area contributed by atoms with Crippen LogP contribution >= 0.6 is 0 Å². The SMILES string of the molecule is C=C1NC=Nc2c1ccc1c2c2ccccc2n1CCCF. The molecule has 0 amide bonds. The van der Waals surface area contributed by atoms with Crippen LogP contribution in [0.5, 0.6) is 0 Å². The van der Waals surface area contributed by atoms with Crippen molar-refractivity contribution in [2.45, 2.75) is 13.0 Å². The summed E-state index contributed by atoms with van der Waals surface area (Å²) in [4.78, 5) is 4.53. The number of alkyl halides is 1. The summed E-state index contributed by atoms with van der Waals surface area (Å²) in [7, 11) is 0. The Morgan fingerprint density at radius 3 is 2.86 bits per heavy atom. The maximum Gasteiger partial charge on any atom is 0.0930 e. The first-order valence-corrected chi connectivity index (χ1v) is 7.39. The van der Waals surface area contributed by atoms with Crippen molar-refractivity contribution in [1.82, 2.24) is 9.88 Å². The minimum Gasteiger partial charge on any atom is -0.346 e. The minimum absolute atomic E-state index is 0.308. The van der Waals surface area contributed by atoms with Crippen molar-refractivity contribution >= 4 is 39.5 Å². The van der Waals surface area contributed by atoms with E-state index in [9.17, 15) is 4.39 Å². The lowest BCUT2D eigenvalue weighted by molar-refractivity contribution is 0.452. The Kier molecular flexibility index (Phi) is 2.96. The zero-order chi connectivity index (χ0) is 15.1. The van der Waals surface area contributed by atoms with Crippen molar-refractivity contribution in [3.8, 4) is 0 Å². The Morgan fingerprint density at radius 1 is 1.14 bits per heavy atom. The van der Waals surface area contributed by atoms with Crippen molar-refractivity contribution in [2.24, 2.45) is 4.99 Å². The highest BCUT2D eigenvalue weighted by Gasteiger charge is 2.18. The number of hydrogen-bond acceptors (Lipinski definition) is 2. The predicted molar refractivity (Wildman–Crippen MR) is 90.4 cm³/mol. The van der Waals surface area contributed by atoms with Crippen molar-refractivity contribution < 1.29 is 4.39 Å². The molecular formula is C18H16FN3. The number of aryl methyl sites for hydroxylation is 1. The highest BCUT2D eigenvalue weighted by molar-refractivity contribution is 6.16. The van der Waals surface area contributed by atoms with E-state index < -0.39 is 0 Å². The standard InChI is InChI=1S/C18H16FN3/c1-12-13-7-8-16-17(18(13)21-11-20-12)14-5-2-3-6-15(14)22(16)10-4-9-19/h2-3,5-8,11H,1,4,9-10H2,(H,20,21). The number of nitrogens with zero attached hydrogens (tertiary/aromatic N) is 2. The van der Waals surface area contributed by atoms with Gasteiger partial charge in [-0.3, -0.25) is 4.39 Å². The number of aliphatic imine (C=N–C) groups is 1. The molecule has 4 heteroatoms. The lowest BCUT2D eigenvalue weighted by atomic mass is 10.0. The van der Waals surface area contributed by atoms with Crippen molar-refractivity contribution in [2.75, 3.05) is 6.67 Å². The molecule has 2 aromatic carbocycles. The number of nitrogens with one attached hydrogen (secondary N) is 1. The summed E-state index contributed by atoms with van der Waals surface area (Å²) in [5.41, 5.74) is 5.03. The average molecular weight is 293 g/mol. The fourth-order valence-electron chi connectivity index (χ4n) is 3.21. The van der Waals surface area contributed by atoms with Crippen LogP contribution in [0.15, 0.2) is 48.0 Å². The molecule has 0 spiro atoms. The van der Waals surface area contributed by atoms with Crippen LogP contribution in [0.4, 0.5) is 10.1 Å². The summed E-state index contributed by atoms with van der Waals surface area (Å²) in [6.07, 6.45) is 2.19. The van der Waals surface area contributed by atoms with Crippen LogP contribution < -0.4 is 5.32 Å². The van der Waals surface area contributed by atoms with Gasteiger partial charge in [0.05, 0.1) is 24.2 Å². The molecule has 3 nitrogen and oxygen atoms in total. The van der Waals surface area contributed by atoms with Gasteiger partial charge in [-0.25, -0.2) is 4.99 Å². The van der Waals surface area contributed by atoms with Gasteiger partial charge in [0.2, 0.25) is 0 Å². The van der Waals surface area contributed by atoms with Gasteiger partial charge in [-0.05, 0) is 24.6 Å². The van der Waals surface area contributed by atoms with E-state index in [-0.39, 0.29) is 6.67 Å². The van der Waals surface area contributed by atoms with Crippen molar-refractivity contribution in [3.63, 3.8) is 0 Å². The molecule has 0 saturated carbocycles. The molecule has 1 aromatic heterocycles. The van der Waals surface area contributed by atoms with E-state index in [1.165, 1.54) is 0 Å². The number of para-hydroxylation sites is 1. The Morgan fingerprint density at radius 2 is 2.00 bits per heavy atom. The number of aromatic nitrogens is 1. The van der Waals surface area contributed by atoms with Crippen LogP contribution in [-0.4, -0.2) is 17.6 Å². The second-order valence-corrected chi connectivity index (χ2v) is 5.45.